The number of carbonyl (C=O) groups excluding carboxylic acids is 2. The van der Waals surface area contributed by atoms with Crippen molar-refractivity contribution in [1.82, 2.24) is 0 Å². The maximum absolute atomic E-state index is 14.5. The predicted octanol–water partition coefficient (Wildman–Crippen LogP) is 6.73. The van der Waals surface area contributed by atoms with Crippen molar-refractivity contribution in [3.05, 3.63) is 131 Å². The highest BCUT2D eigenvalue weighted by Gasteiger charge is 2.31. The number of aryl methyl sites for hydroxylation is 1. The van der Waals surface area contributed by atoms with Crippen molar-refractivity contribution in [3.63, 3.8) is 0 Å². The number of ether oxygens (including phenoxy) is 2. The first kappa shape index (κ1) is 24.9. The van der Waals surface area contributed by atoms with Crippen LogP contribution in [0.15, 0.2) is 103 Å². The van der Waals surface area contributed by atoms with Gasteiger partial charge in [-0.2, -0.15) is 0 Å². The Morgan fingerprint density at radius 3 is 2.03 bits per heavy atom. The van der Waals surface area contributed by atoms with Crippen LogP contribution in [-0.2, 0) is 13.0 Å². The van der Waals surface area contributed by atoms with Crippen LogP contribution in [0.25, 0.3) is 0 Å². The maximum Gasteiger partial charge on any atom is 0.177 e. The van der Waals surface area contributed by atoms with E-state index in [1.165, 1.54) is 18.2 Å². The van der Waals surface area contributed by atoms with Crippen molar-refractivity contribution >= 4 is 11.6 Å². The second kappa shape index (κ2) is 11.9. The lowest BCUT2D eigenvalue weighted by molar-refractivity contribution is 0.0795. The molecule has 4 nitrogen and oxygen atoms in total. The van der Waals surface area contributed by atoms with Gasteiger partial charge >= 0.3 is 0 Å². The van der Waals surface area contributed by atoms with Gasteiger partial charge in [-0.1, -0.05) is 66.7 Å². The Labute approximate surface area is 210 Å². The fraction of sp³-hybridized carbons (Fsp3) is 0.161. The molecule has 5 heteroatoms. The van der Waals surface area contributed by atoms with Crippen LogP contribution in [0.5, 0.6) is 11.5 Å². The average molecular weight is 483 g/mol. The molecule has 0 bridgehead atoms. The third-order valence-corrected chi connectivity index (χ3v) is 6.04. The molecule has 0 radical (unpaired) electrons. The highest BCUT2D eigenvalue weighted by Crippen LogP contribution is 2.28. The molecule has 4 aromatic carbocycles. The van der Waals surface area contributed by atoms with Crippen LogP contribution in [0.4, 0.5) is 4.39 Å². The molecule has 0 aliphatic heterocycles. The highest BCUT2D eigenvalue weighted by molar-refractivity contribution is 6.17. The molecule has 0 heterocycles. The van der Waals surface area contributed by atoms with Gasteiger partial charge in [-0.05, 0) is 60.4 Å². The Morgan fingerprint density at radius 2 is 1.33 bits per heavy atom. The smallest absolute Gasteiger partial charge is 0.177 e. The Balaban J connectivity index is 1.60. The zero-order valence-corrected chi connectivity index (χ0v) is 20.0. The summed E-state index contributed by atoms with van der Waals surface area (Å²) in [6, 6.07) is 29.7. The van der Waals surface area contributed by atoms with E-state index in [9.17, 15) is 14.0 Å². The summed E-state index contributed by atoms with van der Waals surface area (Å²) in [7, 11) is 1.60. The van der Waals surface area contributed by atoms with Gasteiger partial charge in [-0.15, -0.1) is 0 Å². The van der Waals surface area contributed by atoms with Crippen LogP contribution in [0.2, 0.25) is 0 Å². The van der Waals surface area contributed by atoms with Gasteiger partial charge in [0.15, 0.2) is 11.6 Å². The molecule has 0 saturated carbocycles. The monoisotopic (exact) mass is 482 g/mol. The maximum atomic E-state index is 14.5. The zero-order valence-electron chi connectivity index (χ0n) is 20.0. The van der Waals surface area contributed by atoms with E-state index in [0.29, 0.717) is 17.7 Å². The fourth-order valence-electron chi connectivity index (χ4n) is 4.05. The molecule has 0 fully saturated rings. The predicted molar refractivity (Wildman–Crippen MR) is 137 cm³/mol. The third kappa shape index (κ3) is 6.05. The van der Waals surface area contributed by atoms with Crippen LogP contribution in [0.3, 0.4) is 0 Å². The van der Waals surface area contributed by atoms with Gasteiger partial charge in [0.1, 0.15) is 23.9 Å². The molecule has 4 aromatic rings. The van der Waals surface area contributed by atoms with Gasteiger partial charge in [0.25, 0.3) is 0 Å². The molecule has 0 N–H and O–H groups in total. The van der Waals surface area contributed by atoms with Crippen LogP contribution < -0.4 is 9.47 Å². The van der Waals surface area contributed by atoms with Gasteiger partial charge in [0, 0.05) is 0 Å². The van der Waals surface area contributed by atoms with Crippen molar-refractivity contribution < 1.29 is 23.5 Å². The van der Waals surface area contributed by atoms with E-state index < -0.39 is 17.5 Å². The first-order chi connectivity index (χ1) is 17.6. The van der Waals surface area contributed by atoms with Crippen LogP contribution in [0, 0.1) is 11.7 Å². The topological polar surface area (TPSA) is 52.6 Å². The summed E-state index contributed by atoms with van der Waals surface area (Å²) in [5, 5.41) is 0. The van der Waals surface area contributed by atoms with E-state index in [0.717, 1.165) is 16.9 Å². The summed E-state index contributed by atoms with van der Waals surface area (Å²) < 4.78 is 25.7. The molecule has 0 aromatic heterocycles. The van der Waals surface area contributed by atoms with E-state index in [1.807, 2.05) is 54.6 Å². The first-order valence-corrected chi connectivity index (χ1v) is 11.8. The number of halogens is 1. The van der Waals surface area contributed by atoms with Crippen molar-refractivity contribution in [3.8, 4) is 11.5 Å². The largest absolute Gasteiger partial charge is 0.497 e. The number of rotatable bonds is 11. The number of hydrogen-bond donors (Lipinski definition) is 0. The fourth-order valence-corrected chi connectivity index (χ4v) is 4.05. The molecule has 4 rings (SSSR count). The van der Waals surface area contributed by atoms with E-state index >= 15 is 0 Å². The standard InChI is InChI=1S/C31H27FO4/c1-35-24-18-15-23(16-19-24)21-36-29-14-8-6-12-26(29)31(34)27(20-17-22-9-3-2-4-10-22)30(33)25-11-5-7-13-28(25)32/h2-16,18-19,27H,17,20-21H2,1H3. The van der Waals surface area contributed by atoms with Crippen LogP contribution in [0.1, 0.15) is 38.3 Å². The molecule has 0 saturated heterocycles. The molecule has 182 valence electrons. The molecule has 0 amide bonds. The summed E-state index contributed by atoms with van der Waals surface area (Å²) in [6.45, 7) is 0.240. The zero-order chi connectivity index (χ0) is 25.3. The summed E-state index contributed by atoms with van der Waals surface area (Å²) >= 11 is 0. The number of para-hydroxylation sites is 1. The Morgan fingerprint density at radius 1 is 0.722 bits per heavy atom. The average Bonchev–Trinajstić information content (AvgIpc) is 2.93. The van der Waals surface area contributed by atoms with Gasteiger partial charge in [0.05, 0.1) is 24.2 Å². The molecule has 0 aliphatic rings. The van der Waals surface area contributed by atoms with E-state index in [2.05, 4.69) is 0 Å². The minimum atomic E-state index is -1.05. The third-order valence-electron chi connectivity index (χ3n) is 6.04. The van der Waals surface area contributed by atoms with Crippen molar-refractivity contribution in [2.24, 2.45) is 5.92 Å². The minimum Gasteiger partial charge on any atom is -0.497 e. The van der Waals surface area contributed by atoms with E-state index in [4.69, 9.17) is 9.47 Å². The number of hydrogen-bond acceptors (Lipinski definition) is 4. The quantitative estimate of drug-likeness (QED) is 0.176. The highest BCUT2D eigenvalue weighted by atomic mass is 19.1. The lowest BCUT2D eigenvalue weighted by atomic mass is 9.85. The number of Topliss-reactive ketones (excluding diaryl/α,β-unsaturated/α-hetero) is 2. The number of ketones is 2. The summed E-state index contributed by atoms with van der Waals surface area (Å²) in [5.74, 6) is -1.48. The summed E-state index contributed by atoms with van der Waals surface area (Å²) in [5.41, 5.74) is 2.12. The molecule has 0 spiro atoms. The van der Waals surface area contributed by atoms with Crippen molar-refractivity contribution in [1.29, 1.82) is 0 Å². The lowest BCUT2D eigenvalue weighted by Gasteiger charge is -2.18. The van der Waals surface area contributed by atoms with Crippen molar-refractivity contribution in [2.75, 3.05) is 7.11 Å². The van der Waals surface area contributed by atoms with E-state index in [-0.39, 0.29) is 24.4 Å². The Kier molecular flexibility index (Phi) is 8.24. The number of methoxy groups -OCH3 is 1. The van der Waals surface area contributed by atoms with Gasteiger partial charge < -0.3 is 9.47 Å². The second-order valence-corrected chi connectivity index (χ2v) is 8.42. The summed E-state index contributed by atoms with van der Waals surface area (Å²) in [6.07, 6.45) is 0.759. The molecular weight excluding hydrogens is 455 g/mol. The number of benzene rings is 4. The molecule has 0 aliphatic carbocycles. The normalized spacial score (nSPS) is 11.5. The van der Waals surface area contributed by atoms with Crippen molar-refractivity contribution in [2.45, 2.75) is 19.4 Å². The lowest BCUT2D eigenvalue weighted by Crippen LogP contribution is -2.26. The van der Waals surface area contributed by atoms with Crippen LogP contribution >= 0.6 is 0 Å². The SMILES string of the molecule is COc1ccc(COc2ccccc2C(=O)C(CCc2ccccc2)C(=O)c2ccccc2F)cc1. The number of carbonyl (C=O) groups is 2. The second-order valence-electron chi connectivity index (χ2n) is 8.42. The van der Waals surface area contributed by atoms with Crippen LogP contribution in [-0.4, -0.2) is 18.7 Å². The Bertz CT molecular complexity index is 1320. The molecule has 1 unspecified atom stereocenters. The van der Waals surface area contributed by atoms with E-state index in [1.54, 1.807) is 37.4 Å². The van der Waals surface area contributed by atoms with Gasteiger partial charge in [0.2, 0.25) is 0 Å². The molecular formula is C31H27FO4. The molecule has 36 heavy (non-hydrogen) atoms. The molecule has 1 atom stereocenters. The van der Waals surface area contributed by atoms with Gasteiger partial charge in [-0.3, -0.25) is 9.59 Å². The van der Waals surface area contributed by atoms with Gasteiger partial charge in [-0.25, -0.2) is 4.39 Å². The first-order valence-electron chi connectivity index (χ1n) is 11.8. The minimum absolute atomic E-state index is 0.0828. The summed E-state index contributed by atoms with van der Waals surface area (Å²) in [4.78, 5) is 27.2. The Hall–Kier alpha value is -4.25.